The van der Waals surface area contributed by atoms with Crippen LogP contribution in [-0.2, 0) is 0 Å². The van der Waals surface area contributed by atoms with Gasteiger partial charge in [0.15, 0.2) is 0 Å². The number of benzene rings is 2. The molecule has 0 unspecified atom stereocenters. The highest BCUT2D eigenvalue weighted by Gasteiger charge is 2.05. The number of hydrogen-bond acceptors (Lipinski definition) is 3. The molecule has 0 bridgehead atoms. The third-order valence-electron chi connectivity index (χ3n) is 3.52. The van der Waals surface area contributed by atoms with E-state index in [9.17, 15) is 4.79 Å². The summed E-state index contributed by atoms with van der Waals surface area (Å²) in [6.45, 7) is 1.84. The standard InChI is InChI=1S/C18H15ClN4O/c1-13(21-22-18(24)15-2-6-16(19)7-3-15)14-4-8-17(9-5-14)23-11-10-20-12-23/h2-12H,1H3,(H,22,24)/b21-13+. The fourth-order valence-corrected chi connectivity index (χ4v) is 2.28. The highest BCUT2D eigenvalue weighted by atomic mass is 35.5. The number of aromatic nitrogens is 2. The van der Waals surface area contributed by atoms with E-state index in [1.165, 1.54) is 0 Å². The van der Waals surface area contributed by atoms with Crippen LogP contribution in [0.1, 0.15) is 22.8 Å². The van der Waals surface area contributed by atoms with Gasteiger partial charge in [0.1, 0.15) is 0 Å². The number of carbonyl (C=O) groups is 1. The van der Waals surface area contributed by atoms with Crippen LogP contribution in [0.4, 0.5) is 0 Å². The number of carbonyl (C=O) groups excluding carboxylic acids is 1. The molecule has 6 heteroatoms. The zero-order valence-corrected chi connectivity index (χ0v) is 13.7. The van der Waals surface area contributed by atoms with Crippen molar-refractivity contribution in [1.29, 1.82) is 0 Å². The Morgan fingerprint density at radius 2 is 1.75 bits per heavy atom. The topological polar surface area (TPSA) is 59.3 Å². The quantitative estimate of drug-likeness (QED) is 0.582. The number of nitrogens with one attached hydrogen (secondary N) is 1. The average Bonchev–Trinajstić information content (AvgIpc) is 3.15. The second-order valence-electron chi connectivity index (χ2n) is 5.16. The highest BCUT2D eigenvalue weighted by Crippen LogP contribution is 2.11. The van der Waals surface area contributed by atoms with Crippen molar-refractivity contribution in [3.63, 3.8) is 0 Å². The zero-order valence-electron chi connectivity index (χ0n) is 13.0. The lowest BCUT2D eigenvalue weighted by atomic mass is 10.1. The number of nitrogens with zero attached hydrogens (tertiary/aromatic N) is 3. The lowest BCUT2D eigenvalue weighted by Crippen LogP contribution is -2.19. The molecular weight excluding hydrogens is 324 g/mol. The van der Waals surface area contributed by atoms with Crippen LogP contribution in [0.15, 0.2) is 72.4 Å². The normalized spacial score (nSPS) is 11.3. The summed E-state index contributed by atoms with van der Waals surface area (Å²) in [6, 6.07) is 14.5. The van der Waals surface area contributed by atoms with Crippen LogP contribution in [-0.4, -0.2) is 21.2 Å². The first-order valence-corrected chi connectivity index (χ1v) is 7.70. The van der Waals surface area contributed by atoms with Gasteiger partial charge in [-0.25, -0.2) is 10.4 Å². The van der Waals surface area contributed by atoms with Crippen LogP contribution in [0, 0.1) is 0 Å². The van der Waals surface area contributed by atoms with Crippen LogP contribution < -0.4 is 5.43 Å². The highest BCUT2D eigenvalue weighted by molar-refractivity contribution is 6.30. The lowest BCUT2D eigenvalue weighted by molar-refractivity contribution is 0.0955. The summed E-state index contributed by atoms with van der Waals surface area (Å²) in [5.41, 5.74) is 5.71. The second kappa shape index (κ2) is 7.10. The molecule has 1 N–H and O–H groups in total. The van der Waals surface area contributed by atoms with Crippen molar-refractivity contribution >= 4 is 23.2 Å². The van der Waals surface area contributed by atoms with Gasteiger partial charge in [-0.1, -0.05) is 23.7 Å². The number of amides is 1. The Bertz CT molecular complexity index is 853. The fraction of sp³-hybridized carbons (Fsp3) is 0.0556. The Balaban J connectivity index is 1.69. The molecule has 0 aliphatic rings. The largest absolute Gasteiger partial charge is 0.306 e. The van der Waals surface area contributed by atoms with Crippen LogP contribution in [0.2, 0.25) is 5.02 Å². The Labute approximate surface area is 144 Å². The van der Waals surface area contributed by atoms with Gasteiger partial charge in [-0.05, 0) is 48.9 Å². The third-order valence-corrected chi connectivity index (χ3v) is 3.77. The first-order chi connectivity index (χ1) is 11.6. The molecule has 24 heavy (non-hydrogen) atoms. The number of imidazole rings is 1. The van der Waals surface area contributed by atoms with Crippen LogP contribution >= 0.6 is 11.6 Å². The lowest BCUT2D eigenvalue weighted by Gasteiger charge is -2.05. The van der Waals surface area contributed by atoms with Crippen molar-refractivity contribution in [2.75, 3.05) is 0 Å². The molecule has 0 fully saturated rings. The molecule has 3 rings (SSSR count). The SMILES string of the molecule is C/C(=N\NC(=O)c1ccc(Cl)cc1)c1ccc(-n2ccnc2)cc1. The minimum absolute atomic E-state index is 0.277. The third kappa shape index (κ3) is 3.70. The maximum absolute atomic E-state index is 12.0. The molecule has 0 spiro atoms. The van der Waals surface area contributed by atoms with E-state index in [4.69, 9.17) is 11.6 Å². The Morgan fingerprint density at radius 3 is 2.38 bits per heavy atom. The van der Waals surface area contributed by atoms with Gasteiger partial charge >= 0.3 is 0 Å². The van der Waals surface area contributed by atoms with Crippen molar-refractivity contribution < 1.29 is 4.79 Å². The van der Waals surface area contributed by atoms with Crippen LogP contribution in [0.3, 0.4) is 0 Å². The maximum Gasteiger partial charge on any atom is 0.271 e. The van der Waals surface area contributed by atoms with Gasteiger partial charge < -0.3 is 4.57 Å². The van der Waals surface area contributed by atoms with Gasteiger partial charge in [-0.3, -0.25) is 4.79 Å². The number of hydrogen-bond donors (Lipinski definition) is 1. The summed E-state index contributed by atoms with van der Waals surface area (Å²) in [4.78, 5) is 16.1. The molecule has 1 aromatic heterocycles. The second-order valence-corrected chi connectivity index (χ2v) is 5.60. The predicted molar refractivity (Wildman–Crippen MR) is 94.7 cm³/mol. The fourth-order valence-electron chi connectivity index (χ4n) is 2.15. The van der Waals surface area contributed by atoms with E-state index < -0.39 is 0 Å². The van der Waals surface area contributed by atoms with Crippen molar-refractivity contribution in [3.05, 3.63) is 83.4 Å². The average molecular weight is 339 g/mol. The molecular formula is C18H15ClN4O. The van der Waals surface area contributed by atoms with Gasteiger partial charge in [0.25, 0.3) is 5.91 Å². The van der Waals surface area contributed by atoms with E-state index in [1.807, 2.05) is 42.0 Å². The van der Waals surface area contributed by atoms with E-state index in [2.05, 4.69) is 15.5 Å². The van der Waals surface area contributed by atoms with Gasteiger partial charge in [0.2, 0.25) is 0 Å². The summed E-state index contributed by atoms with van der Waals surface area (Å²) >= 11 is 5.81. The molecule has 0 aliphatic carbocycles. The van der Waals surface area contributed by atoms with Gasteiger partial charge in [0.05, 0.1) is 12.0 Å². The van der Waals surface area contributed by atoms with E-state index >= 15 is 0 Å². The van der Waals surface area contributed by atoms with Crippen LogP contribution in [0.25, 0.3) is 5.69 Å². The summed E-state index contributed by atoms with van der Waals surface area (Å²) in [6.07, 6.45) is 5.34. The van der Waals surface area contributed by atoms with Crippen molar-refractivity contribution in [2.24, 2.45) is 5.10 Å². The van der Waals surface area contributed by atoms with Crippen LogP contribution in [0.5, 0.6) is 0 Å². The molecule has 120 valence electrons. The molecule has 0 radical (unpaired) electrons. The molecule has 1 amide bonds. The monoisotopic (exact) mass is 338 g/mol. The minimum atomic E-state index is -0.277. The van der Waals surface area contributed by atoms with E-state index in [1.54, 1.807) is 36.8 Å². The van der Waals surface area contributed by atoms with E-state index in [0.29, 0.717) is 10.6 Å². The molecule has 0 atom stereocenters. The molecule has 3 aromatic rings. The number of halogens is 1. The molecule has 5 nitrogen and oxygen atoms in total. The van der Waals surface area contributed by atoms with E-state index in [-0.39, 0.29) is 5.91 Å². The van der Waals surface area contributed by atoms with Gasteiger partial charge in [-0.15, -0.1) is 0 Å². The predicted octanol–water partition coefficient (Wildman–Crippen LogP) is 3.68. The minimum Gasteiger partial charge on any atom is -0.306 e. The Kier molecular flexibility index (Phi) is 4.72. The summed E-state index contributed by atoms with van der Waals surface area (Å²) < 4.78 is 1.92. The molecule has 0 saturated carbocycles. The van der Waals surface area contributed by atoms with Gasteiger partial charge in [-0.2, -0.15) is 5.10 Å². The zero-order chi connectivity index (χ0) is 16.9. The first kappa shape index (κ1) is 16.0. The summed E-state index contributed by atoms with van der Waals surface area (Å²) in [7, 11) is 0. The van der Waals surface area contributed by atoms with E-state index in [0.717, 1.165) is 17.0 Å². The molecule has 0 aliphatic heterocycles. The Hall–Kier alpha value is -2.92. The summed E-state index contributed by atoms with van der Waals surface area (Å²) in [5, 5.41) is 4.74. The number of hydrazone groups is 1. The van der Waals surface area contributed by atoms with Crippen molar-refractivity contribution in [3.8, 4) is 5.69 Å². The first-order valence-electron chi connectivity index (χ1n) is 7.32. The smallest absolute Gasteiger partial charge is 0.271 e. The summed E-state index contributed by atoms with van der Waals surface area (Å²) in [5.74, 6) is -0.277. The number of rotatable bonds is 4. The molecule has 2 aromatic carbocycles. The maximum atomic E-state index is 12.0. The Morgan fingerprint density at radius 1 is 1.08 bits per heavy atom. The molecule has 0 saturated heterocycles. The van der Waals surface area contributed by atoms with Gasteiger partial charge in [0, 0.05) is 28.7 Å². The van der Waals surface area contributed by atoms with Crippen molar-refractivity contribution in [2.45, 2.75) is 6.92 Å². The van der Waals surface area contributed by atoms with Crippen molar-refractivity contribution in [1.82, 2.24) is 15.0 Å². The molecule has 1 heterocycles.